The summed E-state index contributed by atoms with van der Waals surface area (Å²) in [6, 6.07) is 10.6. The Hall–Kier alpha value is -7.44. The number of hydrogen-bond donors (Lipinski definition) is 0. The summed E-state index contributed by atoms with van der Waals surface area (Å²) in [5.74, 6) is -3.86. The van der Waals surface area contributed by atoms with Gasteiger partial charge in [-0.25, -0.2) is 19.2 Å². The molecule has 0 aliphatic carbocycles. The van der Waals surface area contributed by atoms with Crippen LogP contribution in [0, 0.1) is 11.8 Å². The van der Waals surface area contributed by atoms with Gasteiger partial charge >= 0.3 is 48.6 Å². The van der Waals surface area contributed by atoms with Crippen molar-refractivity contribution in [1.29, 1.82) is 0 Å². The fraction of sp³-hybridized carbons (Fsp3) is 0.261. The lowest BCUT2D eigenvalue weighted by Gasteiger charge is -2.21. The van der Waals surface area contributed by atoms with E-state index in [0.717, 1.165) is 36.4 Å². The molecule has 0 fully saturated rings. The van der Waals surface area contributed by atoms with Crippen molar-refractivity contribution in [3.8, 4) is 34.8 Å². The summed E-state index contributed by atoms with van der Waals surface area (Å²) in [6.07, 6.45) is -20.9. The summed E-state index contributed by atoms with van der Waals surface area (Å²) in [7, 11) is 0. The third-order valence-electron chi connectivity index (χ3n) is 8.82. The molecule has 4 aromatic rings. The molecule has 0 aliphatic heterocycles. The van der Waals surface area contributed by atoms with Crippen molar-refractivity contribution in [2.24, 2.45) is 0 Å². The molecule has 10 nitrogen and oxygen atoms in total. The zero-order chi connectivity index (χ0) is 50.5. The number of benzene rings is 4. The molecular weight excluding hydrogens is 940 g/mol. The van der Waals surface area contributed by atoms with E-state index < -0.39 is 106 Å². The van der Waals surface area contributed by atoms with Gasteiger partial charge in [-0.3, -0.25) is 0 Å². The molecule has 0 amide bonds. The fourth-order valence-electron chi connectivity index (χ4n) is 5.78. The van der Waals surface area contributed by atoms with E-state index in [0.29, 0.717) is 30.7 Å². The van der Waals surface area contributed by atoms with Crippen LogP contribution < -0.4 is 18.9 Å². The number of esters is 4. The first-order valence-corrected chi connectivity index (χ1v) is 19.5. The van der Waals surface area contributed by atoms with Crippen molar-refractivity contribution in [3.63, 3.8) is 0 Å². The topological polar surface area (TPSA) is 124 Å². The number of carbonyl (C=O) groups excluding carboxylic acids is 4. The molecule has 0 unspecified atom stereocenters. The smallest absolute Gasteiger partial charge is 0.420 e. The van der Waals surface area contributed by atoms with Gasteiger partial charge in [-0.15, -0.1) is 0 Å². The van der Waals surface area contributed by atoms with Crippen molar-refractivity contribution < 1.29 is 100 Å². The van der Waals surface area contributed by atoms with Gasteiger partial charge in [0.15, 0.2) is 0 Å². The number of unbranched alkanes of at least 4 members (excludes halogenated alkanes) is 2. The van der Waals surface area contributed by atoms with Crippen LogP contribution in [0.5, 0.6) is 23.0 Å². The second-order valence-corrected chi connectivity index (χ2v) is 13.6. The van der Waals surface area contributed by atoms with Crippen molar-refractivity contribution in [2.75, 3.05) is 26.4 Å². The molecule has 22 heteroatoms. The molecule has 4 rings (SSSR count). The van der Waals surface area contributed by atoms with E-state index in [2.05, 4.69) is 17.9 Å². The summed E-state index contributed by atoms with van der Waals surface area (Å²) in [6.45, 7) is 5.99. The van der Waals surface area contributed by atoms with E-state index in [1.165, 1.54) is 36.1 Å². The third-order valence-corrected chi connectivity index (χ3v) is 8.82. The molecule has 4 aromatic carbocycles. The van der Waals surface area contributed by atoms with Crippen LogP contribution in [-0.4, -0.2) is 50.3 Å². The highest BCUT2D eigenvalue weighted by Gasteiger charge is 2.49. The summed E-state index contributed by atoms with van der Waals surface area (Å²) < 4.78 is 202. The van der Waals surface area contributed by atoms with E-state index in [9.17, 15) is 71.9 Å². The fourth-order valence-corrected chi connectivity index (χ4v) is 5.78. The van der Waals surface area contributed by atoms with Gasteiger partial charge in [0.05, 0.1) is 48.7 Å². The Bertz CT molecular complexity index is 2530. The first-order chi connectivity index (χ1) is 31.8. The maximum atomic E-state index is 14.5. The number of ether oxygens (including phenoxy) is 6. The molecule has 0 heterocycles. The molecule has 0 saturated carbocycles. The number of halogens is 12. The standard InChI is InChI=1S/C46H34F12O10/c1-3-35(59)65-25-7-5-23-63-31-17-11-29(12-18-31)41(61)67-32-19-13-30(14-20-32)42(62)68-34-22-16-28(38(44(50,51)52)40(34)46(56,57)58)10-9-27-15-21-33(64-24-6-8-26-66-36(60)4-2)39(45(53,54)55)37(27)43(47,48)49/h3-4,11-22H,1-2,5-8,23-26H2. The van der Waals surface area contributed by atoms with Gasteiger partial charge in [0, 0.05) is 23.3 Å². The Morgan fingerprint density at radius 2 is 0.809 bits per heavy atom. The lowest BCUT2D eigenvalue weighted by Crippen LogP contribution is -2.21. The van der Waals surface area contributed by atoms with E-state index in [-0.39, 0.29) is 56.1 Å². The average molecular weight is 975 g/mol. The van der Waals surface area contributed by atoms with Crippen LogP contribution in [-0.2, 0) is 43.8 Å². The molecule has 68 heavy (non-hydrogen) atoms. The Kier molecular flexibility index (Phi) is 17.9. The number of rotatable bonds is 18. The Morgan fingerprint density at radius 1 is 0.441 bits per heavy atom. The quantitative estimate of drug-likeness (QED) is 0.0238. The zero-order valence-electron chi connectivity index (χ0n) is 34.8. The first-order valence-electron chi connectivity index (χ1n) is 19.5. The Morgan fingerprint density at radius 3 is 1.24 bits per heavy atom. The van der Waals surface area contributed by atoms with Crippen LogP contribution in [0.15, 0.2) is 98.1 Å². The van der Waals surface area contributed by atoms with Crippen LogP contribution in [0.3, 0.4) is 0 Å². The van der Waals surface area contributed by atoms with Gasteiger partial charge in [0.25, 0.3) is 0 Å². The zero-order valence-corrected chi connectivity index (χ0v) is 34.8. The molecule has 0 radical (unpaired) electrons. The van der Waals surface area contributed by atoms with Crippen LogP contribution in [0.25, 0.3) is 0 Å². The first kappa shape index (κ1) is 53.2. The third kappa shape index (κ3) is 15.0. The van der Waals surface area contributed by atoms with Crippen molar-refractivity contribution in [2.45, 2.75) is 50.4 Å². The molecule has 0 aromatic heterocycles. The van der Waals surface area contributed by atoms with Crippen LogP contribution in [0.4, 0.5) is 52.7 Å². The van der Waals surface area contributed by atoms with Crippen molar-refractivity contribution in [1.82, 2.24) is 0 Å². The maximum Gasteiger partial charge on any atom is 0.420 e. The summed E-state index contributed by atoms with van der Waals surface area (Å²) >= 11 is 0. The SMILES string of the molecule is C=CC(=O)OCCCCOc1ccc(C(=O)Oc2ccc(C(=O)Oc3ccc(C#Cc4ccc(OCCCCOC(=O)C=C)c(C(F)(F)F)c4C(F)(F)F)c(C(F)(F)F)c3C(F)(F)F)cc2)cc1. The Balaban J connectivity index is 1.56. The number of hydrogen-bond acceptors (Lipinski definition) is 10. The molecule has 0 N–H and O–H groups in total. The second-order valence-electron chi connectivity index (χ2n) is 13.6. The van der Waals surface area contributed by atoms with Crippen LogP contribution in [0.2, 0.25) is 0 Å². The van der Waals surface area contributed by atoms with Crippen LogP contribution >= 0.6 is 0 Å². The maximum absolute atomic E-state index is 14.5. The van der Waals surface area contributed by atoms with E-state index in [4.69, 9.17) is 23.7 Å². The summed E-state index contributed by atoms with van der Waals surface area (Å²) in [4.78, 5) is 47.8. The molecule has 0 spiro atoms. The van der Waals surface area contributed by atoms with Crippen molar-refractivity contribution in [3.05, 3.63) is 143 Å². The van der Waals surface area contributed by atoms with Gasteiger partial charge in [0.1, 0.15) is 34.1 Å². The van der Waals surface area contributed by atoms with E-state index >= 15 is 0 Å². The van der Waals surface area contributed by atoms with E-state index in [1.807, 2.05) is 0 Å². The lowest BCUT2D eigenvalue weighted by atomic mass is 9.96. The predicted molar refractivity (Wildman–Crippen MR) is 213 cm³/mol. The minimum Gasteiger partial charge on any atom is -0.494 e. The van der Waals surface area contributed by atoms with Crippen LogP contribution in [0.1, 0.15) is 79.8 Å². The van der Waals surface area contributed by atoms with Gasteiger partial charge in [-0.2, -0.15) is 52.7 Å². The monoisotopic (exact) mass is 974 g/mol. The Labute approximate surface area is 378 Å². The minimum absolute atomic E-state index is 0.000471. The predicted octanol–water partition coefficient (Wildman–Crippen LogP) is 11.4. The molecular formula is C46H34F12O10. The summed E-state index contributed by atoms with van der Waals surface area (Å²) in [5, 5.41) is 0. The summed E-state index contributed by atoms with van der Waals surface area (Å²) in [5.41, 5.74) is -14.0. The van der Waals surface area contributed by atoms with Gasteiger partial charge in [-0.05, 0) is 98.5 Å². The largest absolute Gasteiger partial charge is 0.494 e. The molecule has 0 saturated heterocycles. The lowest BCUT2D eigenvalue weighted by molar-refractivity contribution is -0.163. The number of carbonyl (C=O) groups is 4. The minimum atomic E-state index is -6.01. The highest BCUT2D eigenvalue weighted by atomic mass is 19.4. The highest BCUT2D eigenvalue weighted by Crippen LogP contribution is 2.48. The molecule has 0 aliphatic rings. The second kappa shape index (κ2) is 22.8. The highest BCUT2D eigenvalue weighted by molar-refractivity contribution is 5.93. The molecule has 0 bridgehead atoms. The number of alkyl halides is 12. The molecule has 362 valence electrons. The van der Waals surface area contributed by atoms with Gasteiger partial charge < -0.3 is 28.4 Å². The van der Waals surface area contributed by atoms with Crippen molar-refractivity contribution >= 4 is 23.9 Å². The van der Waals surface area contributed by atoms with Gasteiger partial charge in [-0.1, -0.05) is 25.0 Å². The van der Waals surface area contributed by atoms with Gasteiger partial charge in [0.2, 0.25) is 0 Å². The normalized spacial score (nSPS) is 11.6. The molecule has 0 atom stereocenters. The average Bonchev–Trinajstić information content (AvgIpc) is 3.26. The van der Waals surface area contributed by atoms with E-state index in [1.54, 1.807) is 0 Å².